The Bertz CT molecular complexity index is 874. The first-order chi connectivity index (χ1) is 12.2. The second kappa shape index (κ2) is 6.39. The highest BCUT2D eigenvalue weighted by molar-refractivity contribution is 5.66. The number of H-pyrrole nitrogens is 1. The lowest BCUT2D eigenvalue weighted by molar-refractivity contribution is 0.155. The van der Waals surface area contributed by atoms with Crippen molar-refractivity contribution in [2.45, 2.75) is 12.3 Å². The molecule has 0 spiro atoms. The molecule has 25 heavy (non-hydrogen) atoms. The number of nitrogens with zero attached hydrogens (tertiary/aromatic N) is 3. The van der Waals surface area contributed by atoms with Crippen molar-refractivity contribution in [1.82, 2.24) is 19.9 Å². The van der Waals surface area contributed by atoms with Crippen molar-refractivity contribution in [3.8, 4) is 22.5 Å². The van der Waals surface area contributed by atoms with Crippen molar-refractivity contribution < 1.29 is 9.90 Å². The van der Waals surface area contributed by atoms with Gasteiger partial charge in [-0.05, 0) is 18.6 Å². The summed E-state index contributed by atoms with van der Waals surface area (Å²) in [5.41, 5.74) is 3.77. The van der Waals surface area contributed by atoms with Gasteiger partial charge in [0.2, 0.25) is 0 Å². The van der Waals surface area contributed by atoms with Crippen LogP contribution < -0.4 is 0 Å². The average molecular weight is 334 g/mol. The van der Waals surface area contributed by atoms with Crippen molar-refractivity contribution in [3.63, 3.8) is 0 Å². The Balaban J connectivity index is 1.52. The van der Waals surface area contributed by atoms with Gasteiger partial charge in [0.1, 0.15) is 5.82 Å². The van der Waals surface area contributed by atoms with E-state index in [9.17, 15) is 4.79 Å². The lowest BCUT2D eigenvalue weighted by Gasteiger charge is -2.10. The van der Waals surface area contributed by atoms with Gasteiger partial charge in [-0.1, -0.05) is 30.3 Å². The summed E-state index contributed by atoms with van der Waals surface area (Å²) in [5, 5.41) is 9.07. The van der Waals surface area contributed by atoms with E-state index in [-0.39, 0.29) is 5.92 Å². The number of rotatable bonds is 3. The van der Waals surface area contributed by atoms with Crippen LogP contribution >= 0.6 is 0 Å². The minimum atomic E-state index is -0.866. The predicted molar refractivity (Wildman–Crippen MR) is 94.2 cm³/mol. The number of carbonyl (C=O) groups is 1. The summed E-state index contributed by atoms with van der Waals surface area (Å²) in [6.45, 7) is 1.05. The highest BCUT2D eigenvalue weighted by Crippen LogP contribution is 2.27. The number of aromatic amines is 1. The minimum absolute atomic E-state index is 0.126. The molecule has 1 atom stereocenters. The SMILES string of the molecule is O=C(O)N1CCC(c2nc(-c3ccc(-c4ccccc4)nc3)c[nH]2)C1. The Morgan fingerprint density at radius 3 is 2.64 bits per heavy atom. The molecule has 3 heterocycles. The largest absolute Gasteiger partial charge is 0.465 e. The molecule has 4 rings (SSSR count). The quantitative estimate of drug-likeness (QED) is 0.766. The van der Waals surface area contributed by atoms with Gasteiger partial charge in [-0.15, -0.1) is 0 Å². The standard InChI is InChI=1S/C19H18N4O2/c24-19(25)23-9-8-15(12-23)18-21-11-17(22-18)14-6-7-16(20-10-14)13-4-2-1-3-5-13/h1-7,10-11,15H,8-9,12H2,(H,21,22)(H,24,25). The van der Waals surface area contributed by atoms with E-state index in [1.165, 1.54) is 4.90 Å². The van der Waals surface area contributed by atoms with E-state index >= 15 is 0 Å². The highest BCUT2D eigenvalue weighted by Gasteiger charge is 2.28. The first-order valence-corrected chi connectivity index (χ1v) is 8.26. The van der Waals surface area contributed by atoms with Crippen molar-refractivity contribution in [2.75, 3.05) is 13.1 Å². The van der Waals surface area contributed by atoms with Crippen molar-refractivity contribution >= 4 is 6.09 Å². The summed E-state index contributed by atoms with van der Waals surface area (Å²) >= 11 is 0. The molecular formula is C19H18N4O2. The molecule has 0 aliphatic carbocycles. The van der Waals surface area contributed by atoms with E-state index in [1.54, 1.807) is 0 Å². The van der Waals surface area contributed by atoms with Gasteiger partial charge in [-0.3, -0.25) is 4.98 Å². The van der Waals surface area contributed by atoms with E-state index in [2.05, 4.69) is 15.0 Å². The van der Waals surface area contributed by atoms with Crippen LogP contribution in [0.25, 0.3) is 22.5 Å². The van der Waals surface area contributed by atoms with Crippen LogP contribution in [0.2, 0.25) is 0 Å². The van der Waals surface area contributed by atoms with Crippen LogP contribution in [0.4, 0.5) is 4.79 Å². The summed E-state index contributed by atoms with van der Waals surface area (Å²) in [7, 11) is 0. The van der Waals surface area contributed by atoms with Crippen LogP contribution in [0.1, 0.15) is 18.2 Å². The molecule has 0 saturated carbocycles. The summed E-state index contributed by atoms with van der Waals surface area (Å²) in [6, 6.07) is 14.0. The zero-order valence-corrected chi connectivity index (χ0v) is 13.6. The molecule has 0 radical (unpaired) electrons. The third-order valence-electron chi connectivity index (χ3n) is 4.57. The van der Waals surface area contributed by atoms with Crippen LogP contribution in [0, 0.1) is 0 Å². The molecule has 1 aliphatic rings. The predicted octanol–water partition coefficient (Wildman–Crippen LogP) is 3.61. The number of likely N-dealkylation sites (tertiary alicyclic amines) is 1. The Morgan fingerprint density at radius 2 is 1.96 bits per heavy atom. The highest BCUT2D eigenvalue weighted by atomic mass is 16.4. The van der Waals surface area contributed by atoms with Crippen molar-refractivity contribution in [2.24, 2.45) is 0 Å². The summed E-state index contributed by atoms with van der Waals surface area (Å²) in [5.74, 6) is 0.965. The van der Waals surface area contributed by atoms with Crippen LogP contribution in [0.5, 0.6) is 0 Å². The maximum Gasteiger partial charge on any atom is 0.407 e. The fourth-order valence-electron chi connectivity index (χ4n) is 3.18. The van der Waals surface area contributed by atoms with Gasteiger partial charge >= 0.3 is 6.09 Å². The second-order valence-electron chi connectivity index (χ2n) is 6.18. The maximum absolute atomic E-state index is 11.0. The van der Waals surface area contributed by atoms with Crippen molar-refractivity contribution in [1.29, 1.82) is 0 Å². The van der Waals surface area contributed by atoms with Gasteiger partial charge in [0.15, 0.2) is 0 Å². The van der Waals surface area contributed by atoms with Crippen LogP contribution in [-0.2, 0) is 0 Å². The molecule has 1 aliphatic heterocycles. The minimum Gasteiger partial charge on any atom is -0.465 e. The molecule has 6 heteroatoms. The number of nitrogens with one attached hydrogen (secondary N) is 1. The summed E-state index contributed by atoms with van der Waals surface area (Å²) < 4.78 is 0. The van der Waals surface area contributed by atoms with Crippen LogP contribution in [0.15, 0.2) is 54.9 Å². The molecule has 2 aromatic heterocycles. The van der Waals surface area contributed by atoms with Gasteiger partial charge in [0.05, 0.1) is 11.4 Å². The van der Waals surface area contributed by atoms with Gasteiger partial charge < -0.3 is 15.0 Å². The summed E-state index contributed by atoms with van der Waals surface area (Å²) in [6.07, 6.45) is 3.61. The number of hydrogen-bond acceptors (Lipinski definition) is 3. The van der Waals surface area contributed by atoms with Crippen LogP contribution in [-0.4, -0.2) is 44.1 Å². The fraction of sp³-hybridized carbons (Fsp3) is 0.211. The first-order valence-electron chi connectivity index (χ1n) is 8.26. The van der Waals surface area contributed by atoms with E-state index in [1.807, 2.05) is 54.9 Å². The summed E-state index contributed by atoms with van der Waals surface area (Å²) in [4.78, 5) is 24.8. The van der Waals surface area contributed by atoms with Gasteiger partial charge in [0.25, 0.3) is 0 Å². The molecule has 0 bridgehead atoms. The number of carboxylic acid groups (broad SMARTS) is 1. The molecule has 2 N–H and O–H groups in total. The first kappa shape index (κ1) is 15.4. The number of pyridine rings is 1. The second-order valence-corrected chi connectivity index (χ2v) is 6.18. The molecule has 126 valence electrons. The van der Waals surface area contributed by atoms with Crippen molar-refractivity contribution in [3.05, 3.63) is 60.7 Å². The smallest absolute Gasteiger partial charge is 0.407 e. The Labute approximate surface area is 145 Å². The Kier molecular flexibility index (Phi) is 3.93. The number of benzene rings is 1. The lowest BCUT2D eigenvalue weighted by Crippen LogP contribution is -2.26. The number of hydrogen-bond donors (Lipinski definition) is 2. The van der Waals surface area contributed by atoms with Crippen LogP contribution in [0.3, 0.4) is 0 Å². The van der Waals surface area contributed by atoms with Gasteiger partial charge in [0, 0.05) is 42.5 Å². The van der Waals surface area contributed by atoms with E-state index in [4.69, 9.17) is 5.11 Å². The lowest BCUT2D eigenvalue weighted by atomic mass is 10.1. The van der Waals surface area contributed by atoms with E-state index in [0.29, 0.717) is 13.1 Å². The molecule has 3 aromatic rings. The number of aromatic nitrogens is 3. The van der Waals surface area contributed by atoms with Gasteiger partial charge in [-0.2, -0.15) is 0 Å². The number of imidazole rings is 1. The molecular weight excluding hydrogens is 316 g/mol. The number of amides is 1. The molecule has 1 amide bonds. The third kappa shape index (κ3) is 3.10. The fourth-order valence-corrected chi connectivity index (χ4v) is 3.18. The monoisotopic (exact) mass is 334 g/mol. The molecule has 1 unspecified atom stereocenters. The molecule has 1 saturated heterocycles. The van der Waals surface area contributed by atoms with E-state index < -0.39 is 6.09 Å². The molecule has 1 fully saturated rings. The van der Waals surface area contributed by atoms with Gasteiger partial charge in [-0.25, -0.2) is 9.78 Å². The van der Waals surface area contributed by atoms with E-state index in [0.717, 1.165) is 34.8 Å². The average Bonchev–Trinajstić information content (AvgIpc) is 3.32. The normalized spacial score (nSPS) is 17.0. The Morgan fingerprint density at radius 1 is 1.12 bits per heavy atom. The zero-order valence-electron chi connectivity index (χ0n) is 13.6. The Hall–Kier alpha value is -3.15. The molecule has 6 nitrogen and oxygen atoms in total. The maximum atomic E-state index is 11.0. The third-order valence-corrected chi connectivity index (χ3v) is 4.57. The topological polar surface area (TPSA) is 82.1 Å². The zero-order chi connectivity index (χ0) is 17.2. The molecule has 1 aromatic carbocycles.